The minimum Gasteiger partial charge on any atom is -0.489 e. The topological polar surface area (TPSA) is 58.7 Å². The zero-order valence-corrected chi connectivity index (χ0v) is 12.7. The Morgan fingerprint density at radius 3 is 2.65 bits per heavy atom. The second-order valence-electron chi connectivity index (χ2n) is 5.89. The number of likely N-dealkylation sites (N-methyl/N-ethyl adjacent to an activating group) is 1. The van der Waals surface area contributed by atoms with Crippen LogP contribution in [0.5, 0.6) is 5.75 Å². The number of hydrogen-bond donors (Lipinski definition) is 2. The number of rotatable bonds is 4. The summed E-state index contributed by atoms with van der Waals surface area (Å²) in [5, 5.41) is 10.2. The number of aliphatic hydroxyl groups excluding tert-OH is 1. The van der Waals surface area contributed by atoms with E-state index in [1.807, 2.05) is 39.1 Å². The first-order valence-corrected chi connectivity index (χ1v) is 7.46. The molecule has 1 aromatic rings. The van der Waals surface area contributed by atoms with Crippen LogP contribution in [0.25, 0.3) is 0 Å². The van der Waals surface area contributed by atoms with Gasteiger partial charge < -0.3 is 20.5 Å². The van der Waals surface area contributed by atoms with E-state index in [0.29, 0.717) is 5.69 Å². The smallest absolute Gasteiger partial charge is 0.144 e. The molecule has 0 amide bonds. The molecule has 1 aliphatic carbocycles. The zero-order chi connectivity index (χ0) is 14.7. The second-order valence-corrected chi connectivity index (χ2v) is 5.89. The molecule has 1 aliphatic rings. The Labute approximate surface area is 121 Å². The molecule has 4 nitrogen and oxygen atoms in total. The van der Waals surface area contributed by atoms with Gasteiger partial charge in [0.15, 0.2) is 0 Å². The molecule has 2 atom stereocenters. The molecule has 20 heavy (non-hydrogen) atoms. The fourth-order valence-electron chi connectivity index (χ4n) is 2.92. The van der Waals surface area contributed by atoms with Gasteiger partial charge in [0.25, 0.3) is 0 Å². The van der Waals surface area contributed by atoms with E-state index in [2.05, 4.69) is 4.90 Å². The van der Waals surface area contributed by atoms with Gasteiger partial charge >= 0.3 is 0 Å². The van der Waals surface area contributed by atoms with E-state index in [4.69, 9.17) is 10.5 Å². The largest absolute Gasteiger partial charge is 0.489 e. The summed E-state index contributed by atoms with van der Waals surface area (Å²) in [5.41, 5.74) is 7.83. The van der Waals surface area contributed by atoms with Crippen LogP contribution in [0.1, 0.15) is 39.5 Å². The molecule has 0 aromatic heterocycles. The van der Waals surface area contributed by atoms with E-state index in [0.717, 1.165) is 37.1 Å². The highest BCUT2D eigenvalue weighted by Gasteiger charge is 2.28. The average molecular weight is 278 g/mol. The summed E-state index contributed by atoms with van der Waals surface area (Å²) < 4.78 is 5.74. The van der Waals surface area contributed by atoms with Crippen LogP contribution in [0.3, 0.4) is 0 Å². The molecule has 0 aliphatic heterocycles. The van der Waals surface area contributed by atoms with Gasteiger partial charge in [-0.1, -0.05) is 18.9 Å². The quantitative estimate of drug-likeness (QED) is 0.832. The van der Waals surface area contributed by atoms with Crippen molar-refractivity contribution in [1.82, 2.24) is 0 Å². The lowest BCUT2D eigenvalue weighted by Crippen LogP contribution is -2.43. The lowest BCUT2D eigenvalue weighted by atomic mass is 9.91. The van der Waals surface area contributed by atoms with Crippen LogP contribution in [0.2, 0.25) is 0 Å². The first-order chi connectivity index (χ1) is 9.50. The van der Waals surface area contributed by atoms with Crippen LogP contribution < -0.4 is 15.4 Å². The van der Waals surface area contributed by atoms with Gasteiger partial charge in [0.1, 0.15) is 5.75 Å². The predicted octanol–water partition coefficient (Wildman–Crippen LogP) is 2.80. The van der Waals surface area contributed by atoms with Gasteiger partial charge in [-0.3, -0.25) is 0 Å². The minimum absolute atomic E-state index is 0.0955. The Balaban J connectivity index is 2.23. The molecule has 1 aromatic carbocycles. The van der Waals surface area contributed by atoms with Crippen LogP contribution in [-0.4, -0.2) is 30.4 Å². The third-order valence-corrected chi connectivity index (χ3v) is 3.98. The van der Waals surface area contributed by atoms with Crippen LogP contribution in [0, 0.1) is 0 Å². The molecule has 0 bridgehead atoms. The summed E-state index contributed by atoms with van der Waals surface area (Å²) in [6.45, 7) is 3.97. The normalized spacial score (nSPS) is 22.9. The molecule has 0 saturated heterocycles. The van der Waals surface area contributed by atoms with Crippen molar-refractivity contribution in [2.45, 2.75) is 57.8 Å². The standard InChI is InChI=1S/C16H26N2O2/c1-11(2)20-15-10-6-8-13(16(15)17)18(3)12-7-4-5-9-14(12)19/h6,8,10-12,14,19H,4-5,7,9,17H2,1-3H3. The van der Waals surface area contributed by atoms with E-state index < -0.39 is 0 Å². The number of para-hydroxylation sites is 1. The van der Waals surface area contributed by atoms with Crippen molar-refractivity contribution in [2.24, 2.45) is 0 Å². The van der Waals surface area contributed by atoms with E-state index in [-0.39, 0.29) is 18.2 Å². The van der Waals surface area contributed by atoms with Crippen LogP contribution in [0.4, 0.5) is 11.4 Å². The fourth-order valence-corrected chi connectivity index (χ4v) is 2.92. The maximum absolute atomic E-state index is 10.2. The molecule has 4 heteroatoms. The number of nitrogens with zero attached hydrogens (tertiary/aromatic N) is 1. The number of ether oxygens (including phenoxy) is 1. The summed E-state index contributed by atoms with van der Waals surface area (Å²) in [4.78, 5) is 2.10. The highest BCUT2D eigenvalue weighted by atomic mass is 16.5. The van der Waals surface area contributed by atoms with Gasteiger partial charge in [0.05, 0.1) is 29.6 Å². The van der Waals surface area contributed by atoms with Gasteiger partial charge in [0, 0.05) is 7.05 Å². The Bertz CT molecular complexity index is 448. The summed E-state index contributed by atoms with van der Waals surface area (Å²) in [6, 6.07) is 5.98. The predicted molar refractivity (Wildman–Crippen MR) is 83.3 cm³/mol. The summed E-state index contributed by atoms with van der Waals surface area (Å²) in [5.74, 6) is 0.717. The molecule has 1 fully saturated rings. The minimum atomic E-state index is -0.275. The molecule has 2 rings (SSSR count). The summed E-state index contributed by atoms with van der Waals surface area (Å²) >= 11 is 0. The number of hydrogen-bond acceptors (Lipinski definition) is 4. The average Bonchev–Trinajstić information content (AvgIpc) is 2.40. The van der Waals surface area contributed by atoms with Crippen molar-refractivity contribution >= 4 is 11.4 Å². The fraction of sp³-hybridized carbons (Fsp3) is 0.625. The first kappa shape index (κ1) is 15.0. The second kappa shape index (κ2) is 6.35. The molecule has 2 unspecified atom stereocenters. The van der Waals surface area contributed by atoms with Crippen LogP contribution in [-0.2, 0) is 0 Å². The van der Waals surface area contributed by atoms with Crippen molar-refractivity contribution in [3.8, 4) is 5.75 Å². The molecular weight excluding hydrogens is 252 g/mol. The third kappa shape index (κ3) is 3.18. The van der Waals surface area contributed by atoms with Crippen molar-refractivity contribution in [2.75, 3.05) is 17.7 Å². The van der Waals surface area contributed by atoms with Gasteiger partial charge in [0.2, 0.25) is 0 Å². The number of benzene rings is 1. The molecular formula is C16H26N2O2. The van der Waals surface area contributed by atoms with E-state index >= 15 is 0 Å². The third-order valence-electron chi connectivity index (χ3n) is 3.98. The molecule has 1 saturated carbocycles. The van der Waals surface area contributed by atoms with Gasteiger partial charge in [-0.2, -0.15) is 0 Å². The maximum atomic E-state index is 10.2. The van der Waals surface area contributed by atoms with E-state index in [9.17, 15) is 5.11 Å². The van der Waals surface area contributed by atoms with Crippen LogP contribution in [0.15, 0.2) is 18.2 Å². The van der Waals surface area contributed by atoms with Crippen molar-refractivity contribution in [3.63, 3.8) is 0 Å². The monoisotopic (exact) mass is 278 g/mol. The van der Waals surface area contributed by atoms with Gasteiger partial charge in [-0.05, 0) is 38.8 Å². The van der Waals surface area contributed by atoms with Crippen molar-refractivity contribution in [1.29, 1.82) is 0 Å². The Kier molecular flexibility index (Phi) is 4.76. The number of aliphatic hydroxyl groups is 1. The number of anilines is 2. The van der Waals surface area contributed by atoms with Crippen LogP contribution >= 0.6 is 0 Å². The Morgan fingerprint density at radius 1 is 1.30 bits per heavy atom. The molecule has 3 N–H and O–H groups in total. The van der Waals surface area contributed by atoms with Gasteiger partial charge in [-0.15, -0.1) is 0 Å². The van der Waals surface area contributed by atoms with Crippen molar-refractivity contribution in [3.05, 3.63) is 18.2 Å². The first-order valence-electron chi connectivity index (χ1n) is 7.46. The highest BCUT2D eigenvalue weighted by Crippen LogP contribution is 2.35. The highest BCUT2D eigenvalue weighted by molar-refractivity contribution is 5.74. The van der Waals surface area contributed by atoms with E-state index in [1.54, 1.807) is 0 Å². The zero-order valence-electron chi connectivity index (χ0n) is 12.7. The molecule has 112 valence electrons. The molecule has 0 spiro atoms. The van der Waals surface area contributed by atoms with Crippen molar-refractivity contribution < 1.29 is 9.84 Å². The Hall–Kier alpha value is -1.42. The Morgan fingerprint density at radius 2 is 2.00 bits per heavy atom. The number of nitrogens with two attached hydrogens (primary N) is 1. The summed E-state index contributed by atoms with van der Waals surface area (Å²) in [7, 11) is 2.00. The summed E-state index contributed by atoms with van der Waals surface area (Å²) in [6.07, 6.45) is 3.97. The lowest BCUT2D eigenvalue weighted by Gasteiger charge is -2.37. The SMILES string of the molecule is CC(C)Oc1cccc(N(C)C2CCCCC2O)c1N. The maximum Gasteiger partial charge on any atom is 0.144 e. The lowest BCUT2D eigenvalue weighted by molar-refractivity contribution is 0.106. The van der Waals surface area contributed by atoms with Gasteiger partial charge in [-0.25, -0.2) is 0 Å². The molecule has 0 heterocycles. The number of nitrogen functional groups attached to an aromatic ring is 1. The van der Waals surface area contributed by atoms with E-state index in [1.165, 1.54) is 0 Å². The molecule has 0 radical (unpaired) electrons.